The normalized spacial score (nSPS) is 16.1. The Morgan fingerprint density at radius 1 is 0.889 bits per heavy atom. The summed E-state index contributed by atoms with van der Waals surface area (Å²) in [5.74, 6) is 3.79. The van der Waals surface area contributed by atoms with E-state index in [-0.39, 0.29) is 12.4 Å². The number of terminal acetylenes is 1. The number of aliphatic hydroxyl groups excluding tert-OH is 1. The Hall–Kier alpha value is -4.79. The Labute approximate surface area is 265 Å². The van der Waals surface area contributed by atoms with Crippen molar-refractivity contribution in [1.82, 2.24) is 9.97 Å². The average molecular weight is 610 g/mol. The highest BCUT2D eigenvalue weighted by Crippen LogP contribution is 2.51. The van der Waals surface area contributed by atoms with E-state index in [1.165, 1.54) is 5.56 Å². The van der Waals surface area contributed by atoms with Crippen molar-refractivity contribution in [3.8, 4) is 46.5 Å². The van der Waals surface area contributed by atoms with Gasteiger partial charge in [-0.25, -0.2) is 9.97 Å². The van der Waals surface area contributed by atoms with E-state index in [9.17, 15) is 10.4 Å². The van der Waals surface area contributed by atoms with Gasteiger partial charge in [-0.15, -0.1) is 6.42 Å². The molecule has 1 aromatic heterocycles. The standard InChI is InChI=1S/C38H35N3O3Si/c1-7-20-43-28-17-19-34-31(22-28)35(26-14-12-25(13-15-26)24(2)3)41-37(40-34)36(42)27-16-18-33-30(21-27)29-10-8-9-11-32(29)38(33,23-39)44-45(4,5)6/h1,8-19,21-22,24,36,42H,20H2,2-6H3. The zero-order chi connectivity index (χ0) is 31.9. The predicted molar refractivity (Wildman–Crippen MR) is 180 cm³/mol. The van der Waals surface area contributed by atoms with E-state index in [0.717, 1.165) is 33.2 Å². The van der Waals surface area contributed by atoms with Crippen LogP contribution in [0.5, 0.6) is 5.75 Å². The van der Waals surface area contributed by atoms with Crippen molar-refractivity contribution >= 4 is 19.2 Å². The van der Waals surface area contributed by atoms with Crippen LogP contribution in [0, 0.1) is 23.7 Å². The van der Waals surface area contributed by atoms with E-state index >= 15 is 0 Å². The topological polar surface area (TPSA) is 88.3 Å². The molecule has 5 aromatic rings. The lowest BCUT2D eigenvalue weighted by atomic mass is 9.92. The smallest absolute Gasteiger partial charge is 0.197 e. The van der Waals surface area contributed by atoms with Gasteiger partial charge in [-0.05, 0) is 72.1 Å². The molecular formula is C38H35N3O3Si. The molecule has 224 valence electrons. The van der Waals surface area contributed by atoms with E-state index in [1.807, 2.05) is 60.7 Å². The largest absolute Gasteiger partial charge is 0.481 e. The lowest BCUT2D eigenvalue weighted by Crippen LogP contribution is -2.39. The summed E-state index contributed by atoms with van der Waals surface area (Å²) in [6.45, 7) is 10.7. The molecule has 2 unspecified atom stereocenters. The van der Waals surface area contributed by atoms with Crippen LogP contribution in [-0.2, 0) is 10.0 Å². The molecule has 0 aliphatic heterocycles. The zero-order valence-electron chi connectivity index (χ0n) is 26.1. The molecule has 1 heterocycles. The molecule has 0 amide bonds. The average Bonchev–Trinajstić information content (AvgIpc) is 3.30. The molecule has 45 heavy (non-hydrogen) atoms. The lowest BCUT2D eigenvalue weighted by molar-refractivity contribution is 0.168. The van der Waals surface area contributed by atoms with Crippen molar-refractivity contribution in [1.29, 1.82) is 5.26 Å². The van der Waals surface area contributed by atoms with Gasteiger partial charge in [0.05, 0.1) is 11.2 Å². The second kappa shape index (κ2) is 11.6. The van der Waals surface area contributed by atoms with Gasteiger partial charge in [0, 0.05) is 22.1 Å². The molecule has 1 aliphatic rings. The summed E-state index contributed by atoms with van der Waals surface area (Å²) in [5, 5.41) is 23.1. The van der Waals surface area contributed by atoms with Gasteiger partial charge >= 0.3 is 0 Å². The number of nitriles is 1. The molecule has 6 rings (SSSR count). The fraction of sp³-hybridized carbons (Fsp3) is 0.237. The molecule has 7 heteroatoms. The first-order valence-electron chi connectivity index (χ1n) is 15.1. The zero-order valence-corrected chi connectivity index (χ0v) is 27.1. The maximum Gasteiger partial charge on any atom is 0.197 e. The molecule has 2 atom stereocenters. The van der Waals surface area contributed by atoms with Crippen LogP contribution in [0.25, 0.3) is 33.3 Å². The van der Waals surface area contributed by atoms with Crippen molar-refractivity contribution < 1.29 is 14.3 Å². The maximum absolute atomic E-state index is 11.8. The van der Waals surface area contributed by atoms with Gasteiger partial charge in [-0.3, -0.25) is 0 Å². The second-order valence-electron chi connectivity index (χ2n) is 12.6. The van der Waals surface area contributed by atoms with Gasteiger partial charge in [0.25, 0.3) is 0 Å². The Morgan fingerprint density at radius 3 is 2.29 bits per heavy atom. The summed E-state index contributed by atoms with van der Waals surface area (Å²) in [6, 6.07) is 29.9. The number of rotatable bonds is 8. The van der Waals surface area contributed by atoms with E-state index in [4.69, 9.17) is 25.6 Å². The lowest BCUT2D eigenvalue weighted by Gasteiger charge is -2.32. The third kappa shape index (κ3) is 5.51. The van der Waals surface area contributed by atoms with E-state index in [1.54, 1.807) is 0 Å². The van der Waals surface area contributed by atoms with Crippen molar-refractivity contribution in [2.24, 2.45) is 0 Å². The van der Waals surface area contributed by atoms with Gasteiger partial charge < -0.3 is 14.3 Å². The van der Waals surface area contributed by atoms with Crippen LogP contribution in [0.2, 0.25) is 19.6 Å². The molecular weight excluding hydrogens is 575 g/mol. The van der Waals surface area contributed by atoms with E-state index in [2.05, 4.69) is 69.7 Å². The minimum atomic E-state index is -2.14. The predicted octanol–water partition coefficient (Wildman–Crippen LogP) is 8.11. The molecule has 1 aliphatic carbocycles. The minimum Gasteiger partial charge on any atom is -0.481 e. The minimum absolute atomic E-state index is 0.152. The van der Waals surface area contributed by atoms with Crippen molar-refractivity contribution in [3.05, 3.63) is 113 Å². The fourth-order valence-electron chi connectivity index (χ4n) is 6.00. The molecule has 0 saturated carbocycles. The summed E-state index contributed by atoms with van der Waals surface area (Å²) in [4.78, 5) is 9.75. The molecule has 4 aromatic carbocycles. The van der Waals surface area contributed by atoms with Gasteiger partial charge in [0.15, 0.2) is 19.7 Å². The van der Waals surface area contributed by atoms with Gasteiger partial charge in [-0.2, -0.15) is 5.26 Å². The number of fused-ring (bicyclic) bond motifs is 4. The number of benzene rings is 4. The number of aromatic nitrogens is 2. The Kier molecular flexibility index (Phi) is 7.80. The van der Waals surface area contributed by atoms with E-state index < -0.39 is 20.0 Å². The Balaban J connectivity index is 1.48. The molecule has 1 N–H and O–H groups in total. The molecule has 0 spiro atoms. The first-order chi connectivity index (χ1) is 21.5. The molecule has 0 radical (unpaired) electrons. The van der Waals surface area contributed by atoms with E-state index in [0.29, 0.717) is 28.4 Å². The highest BCUT2D eigenvalue weighted by atomic mass is 28.4. The SMILES string of the molecule is C#CCOc1ccc2nc(C(O)c3ccc4c(c3)-c3ccccc3C4(C#N)O[Si](C)(C)C)nc(-c3ccc(C(C)C)cc3)c2c1. The van der Waals surface area contributed by atoms with Crippen LogP contribution >= 0.6 is 0 Å². The van der Waals surface area contributed by atoms with Crippen molar-refractivity contribution in [2.75, 3.05) is 6.61 Å². The summed E-state index contributed by atoms with van der Waals surface area (Å²) in [7, 11) is -2.14. The third-order valence-electron chi connectivity index (χ3n) is 8.05. The van der Waals surface area contributed by atoms with Crippen LogP contribution < -0.4 is 4.74 Å². The van der Waals surface area contributed by atoms with Crippen LogP contribution in [0.4, 0.5) is 0 Å². The number of hydrogen-bond donors (Lipinski definition) is 1. The van der Waals surface area contributed by atoms with Crippen LogP contribution in [0.1, 0.15) is 53.9 Å². The second-order valence-corrected chi connectivity index (χ2v) is 17.1. The van der Waals surface area contributed by atoms with Crippen LogP contribution in [0.3, 0.4) is 0 Å². The number of nitrogens with zero attached hydrogens (tertiary/aromatic N) is 3. The monoisotopic (exact) mass is 609 g/mol. The van der Waals surface area contributed by atoms with Gasteiger partial charge in [-0.1, -0.05) is 80.4 Å². The summed E-state index contributed by atoms with van der Waals surface area (Å²) in [5.41, 5.74) is 6.31. The molecule has 0 fully saturated rings. The van der Waals surface area contributed by atoms with Gasteiger partial charge in [0.1, 0.15) is 24.5 Å². The van der Waals surface area contributed by atoms with Crippen molar-refractivity contribution in [3.63, 3.8) is 0 Å². The van der Waals surface area contributed by atoms with Crippen LogP contribution in [0.15, 0.2) is 84.9 Å². The quantitative estimate of drug-likeness (QED) is 0.141. The molecule has 6 nitrogen and oxygen atoms in total. The Bertz CT molecular complexity index is 2000. The summed E-state index contributed by atoms with van der Waals surface area (Å²) < 4.78 is 12.3. The maximum atomic E-state index is 11.8. The molecule has 0 bridgehead atoms. The van der Waals surface area contributed by atoms with Gasteiger partial charge in [0.2, 0.25) is 0 Å². The number of hydrogen-bond acceptors (Lipinski definition) is 6. The highest BCUT2D eigenvalue weighted by molar-refractivity contribution is 6.69. The number of aliphatic hydroxyl groups is 1. The van der Waals surface area contributed by atoms with Crippen LogP contribution in [-0.4, -0.2) is 30.0 Å². The third-order valence-corrected chi connectivity index (χ3v) is 8.97. The molecule has 0 saturated heterocycles. The number of ether oxygens (including phenoxy) is 1. The first kappa shape index (κ1) is 30.2. The Morgan fingerprint density at radius 2 is 1.60 bits per heavy atom. The first-order valence-corrected chi connectivity index (χ1v) is 18.5. The fourth-order valence-corrected chi connectivity index (χ4v) is 7.19. The highest BCUT2D eigenvalue weighted by Gasteiger charge is 2.47. The summed E-state index contributed by atoms with van der Waals surface area (Å²) >= 11 is 0. The summed E-state index contributed by atoms with van der Waals surface area (Å²) in [6.07, 6.45) is 4.30. The van der Waals surface area contributed by atoms with Crippen molar-refractivity contribution in [2.45, 2.75) is 51.1 Å².